The Kier molecular flexibility index (Phi) is 7.69. The van der Waals surface area contributed by atoms with Crippen LogP contribution in [0.1, 0.15) is 19.3 Å². The standard InChI is InChI=1S/C14H19ClN2O3/c1-20-10-14(19)17-12-6-4-5-11(9-12)16-13(18)7-2-3-8-15/h4-6,9H,2-3,7-8,10H2,1H3,(H,16,18)(H,17,19). The summed E-state index contributed by atoms with van der Waals surface area (Å²) in [5.74, 6) is 0.266. The van der Waals surface area contributed by atoms with Crippen LogP contribution >= 0.6 is 11.6 Å². The predicted octanol–water partition coefficient (Wildman–Crippen LogP) is 2.62. The fourth-order valence-electron chi connectivity index (χ4n) is 1.61. The molecule has 0 aliphatic carbocycles. The van der Waals surface area contributed by atoms with E-state index in [0.29, 0.717) is 23.7 Å². The summed E-state index contributed by atoms with van der Waals surface area (Å²) in [6.07, 6.45) is 2.02. The minimum atomic E-state index is -0.238. The van der Waals surface area contributed by atoms with Crippen molar-refractivity contribution in [2.45, 2.75) is 19.3 Å². The topological polar surface area (TPSA) is 67.4 Å². The fraction of sp³-hybridized carbons (Fsp3) is 0.429. The summed E-state index contributed by atoms with van der Waals surface area (Å²) in [6.45, 7) is -0.00495. The number of hydrogen-bond acceptors (Lipinski definition) is 3. The van der Waals surface area contributed by atoms with Gasteiger partial charge in [0, 0.05) is 30.8 Å². The molecule has 0 radical (unpaired) electrons. The number of methoxy groups -OCH3 is 1. The van der Waals surface area contributed by atoms with Gasteiger partial charge in [0.25, 0.3) is 0 Å². The number of rotatable bonds is 8. The first-order valence-corrected chi connectivity index (χ1v) is 6.94. The Labute approximate surface area is 123 Å². The average molecular weight is 299 g/mol. The molecular formula is C14H19ClN2O3. The third-order valence-electron chi connectivity index (χ3n) is 2.49. The van der Waals surface area contributed by atoms with Gasteiger partial charge in [-0.1, -0.05) is 6.07 Å². The van der Waals surface area contributed by atoms with Crippen LogP contribution in [0.3, 0.4) is 0 Å². The molecular weight excluding hydrogens is 280 g/mol. The first-order valence-electron chi connectivity index (χ1n) is 6.40. The van der Waals surface area contributed by atoms with Gasteiger partial charge in [-0.2, -0.15) is 0 Å². The molecule has 110 valence electrons. The van der Waals surface area contributed by atoms with Gasteiger partial charge < -0.3 is 15.4 Å². The van der Waals surface area contributed by atoms with Crippen molar-refractivity contribution in [2.24, 2.45) is 0 Å². The van der Waals surface area contributed by atoms with Gasteiger partial charge in [0.05, 0.1) is 0 Å². The van der Waals surface area contributed by atoms with E-state index >= 15 is 0 Å². The van der Waals surface area contributed by atoms with E-state index in [1.807, 2.05) is 0 Å². The maximum absolute atomic E-state index is 11.7. The van der Waals surface area contributed by atoms with E-state index in [9.17, 15) is 9.59 Å². The number of ether oxygens (including phenoxy) is 1. The van der Waals surface area contributed by atoms with Crippen molar-refractivity contribution in [3.05, 3.63) is 24.3 Å². The molecule has 0 aliphatic heterocycles. The van der Waals surface area contributed by atoms with Crippen molar-refractivity contribution >= 4 is 34.8 Å². The molecule has 0 saturated carbocycles. The summed E-state index contributed by atoms with van der Waals surface area (Å²) in [5.41, 5.74) is 1.27. The highest BCUT2D eigenvalue weighted by molar-refractivity contribution is 6.17. The van der Waals surface area contributed by atoms with Crippen molar-refractivity contribution in [2.75, 3.05) is 30.2 Å². The van der Waals surface area contributed by atoms with E-state index in [2.05, 4.69) is 10.6 Å². The maximum Gasteiger partial charge on any atom is 0.250 e. The molecule has 0 fully saturated rings. The van der Waals surface area contributed by atoms with E-state index in [1.165, 1.54) is 7.11 Å². The second-order valence-electron chi connectivity index (χ2n) is 4.26. The van der Waals surface area contributed by atoms with Crippen LogP contribution < -0.4 is 10.6 Å². The minimum Gasteiger partial charge on any atom is -0.375 e. The lowest BCUT2D eigenvalue weighted by Crippen LogP contribution is -2.17. The number of amides is 2. The van der Waals surface area contributed by atoms with Crippen molar-refractivity contribution < 1.29 is 14.3 Å². The molecule has 0 aliphatic rings. The van der Waals surface area contributed by atoms with E-state index < -0.39 is 0 Å². The van der Waals surface area contributed by atoms with Crippen LogP contribution in [-0.4, -0.2) is 31.4 Å². The summed E-state index contributed by atoms with van der Waals surface area (Å²) in [4.78, 5) is 23.0. The van der Waals surface area contributed by atoms with Gasteiger partial charge in [0.15, 0.2) is 0 Å². The number of halogens is 1. The van der Waals surface area contributed by atoms with Crippen molar-refractivity contribution in [1.82, 2.24) is 0 Å². The fourth-order valence-corrected chi connectivity index (χ4v) is 1.80. The highest BCUT2D eigenvalue weighted by atomic mass is 35.5. The first-order chi connectivity index (χ1) is 9.65. The molecule has 1 aromatic rings. The SMILES string of the molecule is COCC(=O)Nc1cccc(NC(=O)CCCCCl)c1. The minimum absolute atomic E-state index is 0.00495. The summed E-state index contributed by atoms with van der Waals surface area (Å²) in [7, 11) is 1.46. The number of unbranched alkanes of at least 4 members (excludes halogenated alkanes) is 1. The molecule has 2 N–H and O–H groups in total. The van der Waals surface area contributed by atoms with Crippen LogP contribution in [0.25, 0.3) is 0 Å². The maximum atomic E-state index is 11.7. The second kappa shape index (κ2) is 9.34. The summed E-state index contributed by atoms with van der Waals surface area (Å²) in [6, 6.07) is 6.98. The summed E-state index contributed by atoms with van der Waals surface area (Å²) < 4.78 is 4.73. The zero-order valence-corrected chi connectivity index (χ0v) is 12.2. The van der Waals surface area contributed by atoms with Crippen molar-refractivity contribution in [3.8, 4) is 0 Å². The Morgan fingerprint density at radius 3 is 2.40 bits per heavy atom. The number of carbonyl (C=O) groups excluding carboxylic acids is 2. The summed E-state index contributed by atoms with van der Waals surface area (Å²) in [5, 5.41) is 5.46. The Bertz CT molecular complexity index is 452. The van der Waals surface area contributed by atoms with Crippen LogP contribution in [0.2, 0.25) is 0 Å². The van der Waals surface area contributed by atoms with Gasteiger partial charge >= 0.3 is 0 Å². The molecule has 2 amide bonds. The highest BCUT2D eigenvalue weighted by Gasteiger charge is 2.05. The molecule has 5 nitrogen and oxygen atoms in total. The smallest absolute Gasteiger partial charge is 0.250 e. The molecule has 0 spiro atoms. The van der Waals surface area contributed by atoms with E-state index in [0.717, 1.165) is 12.8 Å². The number of nitrogens with one attached hydrogen (secondary N) is 2. The molecule has 1 aromatic carbocycles. The normalized spacial score (nSPS) is 10.1. The van der Waals surface area contributed by atoms with Crippen LogP contribution in [-0.2, 0) is 14.3 Å². The van der Waals surface area contributed by atoms with Crippen LogP contribution in [0.4, 0.5) is 11.4 Å². The van der Waals surface area contributed by atoms with Crippen LogP contribution in [0.5, 0.6) is 0 Å². The molecule has 0 atom stereocenters. The van der Waals surface area contributed by atoms with Crippen LogP contribution in [0, 0.1) is 0 Å². The van der Waals surface area contributed by atoms with Gasteiger partial charge in [-0.3, -0.25) is 9.59 Å². The van der Waals surface area contributed by atoms with E-state index in [-0.39, 0.29) is 18.4 Å². The van der Waals surface area contributed by atoms with E-state index in [4.69, 9.17) is 16.3 Å². The average Bonchev–Trinajstić information content (AvgIpc) is 2.39. The van der Waals surface area contributed by atoms with Gasteiger partial charge in [0.1, 0.15) is 6.61 Å². The highest BCUT2D eigenvalue weighted by Crippen LogP contribution is 2.15. The molecule has 0 unspecified atom stereocenters. The number of benzene rings is 1. The molecule has 20 heavy (non-hydrogen) atoms. The van der Waals surface area contributed by atoms with Gasteiger partial charge in [0.2, 0.25) is 11.8 Å². The Morgan fingerprint density at radius 2 is 1.80 bits per heavy atom. The number of anilines is 2. The Hall–Kier alpha value is -1.59. The molecule has 1 rings (SSSR count). The van der Waals surface area contributed by atoms with Gasteiger partial charge in [-0.05, 0) is 31.0 Å². The lowest BCUT2D eigenvalue weighted by Gasteiger charge is -2.08. The molecule has 0 heterocycles. The van der Waals surface area contributed by atoms with Crippen LogP contribution in [0.15, 0.2) is 24.3 Å². The van der Waals surface area contributed by atoms with Crippen molar-refractivity contribution in [1.29, 1.82) is 0 Å². The number of hydrogen-bond donors (Lipinski definition) is 2. The zero-order valence-electron chi connectivity index (χ0n) is 11.4. The monoisotopic (exact) mass is 298 g/mol. The molecule has 0 aromatic heterocycles. The quantitative estimate of drug-likeness (QED) is 0.572. The summed E-state index contributed by atoms with van der Waals surface area (Å²) >= 11 is 5.56. The number of alkyl halides is 1. The lowest BCUT2D eigenvalue weighted by molar-refractivity contribution is -0.119. The third kappa shape index (κ3) is 6.54. The van der Waals surface area contributed by atoms with Gasteiger partial charge in [-0.15, -0.1) is 11.6 Å². The largest absolute Gasteiger partial charge is 0.375 e. The molecule has 0 saturated heterocycles. The molecule has 0 bridgehead atoms. The van der Waals surface area contributed by atoms with Crippen molar-refractivity contribution in [3.63, 3.8) is 0 Å². The lowest BCUT2D eigenvalue weighted by atomic mass is 10.2. The number of carbonyl (C=O) groups is 2. The predicted molar refractivity (Wildman–Crippen MR) is 80.1 cm³/mol. The third-order valence-corrected chi connectivity index (χ3v) is 2.76. The second-order valence-corrected chi connectivity index (χ2v) is 4.63. The zero-order chi connectivity index (χ0) is 14.8. The Balaban J connectivity index is 2.50. The Morgan fingerprint density at radius 1 is 1.15 bits per heavy atom. The first kappa shape index (κ1) is 16.5. The molecule has 6 heteroatoms. The van der Waals surface area contributed by atoms with Gasteiger partial charge in [-0.25, -0.2) is 0 Å². The van der Waals surface area contributed by atoms with E-state index in [1.54, 1.807) is 24.3 Å².